The first-order chi connectivity index (χ1) is 11.4. The van der Waals surface area contributed by atoms with Gasteiger partial charge < -0.3 is 9.47 Å². The van der Waals surface area contributed by atoms with E-state index in [0.717, 1.165) is 22.6 Å². The Morgan fingerprint density at radius 2 is 1.39 bits per heavy atom. The predicted molar refractivity (Wildman–Crippen MR) is 92.4 cm³/mol. The highest BCUT2D eigenvalue weighted by Gasteiger charge is 2.15. The Bertz CT molecular complexity index is 836. The van der Waals surface area contributed by atoms with E-state index in [1.807, 2.05) is 36.4 Å². The van der Waals surface area contributed by atoms with Crippen molar-refractivity contribution in [1.29, 1.82) is 0 Å². The lowest BCUT2D eigenvalue weighted by atomic mass is 9.95. The van der Waals surface area contributed by atoms with E-state index in [1.165, 1.54) is 11.1 Å². The highest BCUT2D eigenvalue weighted by atomic mass is 16.7. The molecule has 2 heteroatoms. The summed E-state index contributed by atoms with van der Waals surface area (Å²) in [6.45, 7) is 0.294. The van der Waals surface area contributed by atoms with Crippen LogP contribution in [0.25, 0.3) is 11.6 Å². The van der Waals surface area contributed by atoms with Crippen LogP contribution in [0.3, 0.4) is 0 Å². The van der Waals surface area contributed by atoms with E-state index in [2.05, 4.69) is 48.5 Å². The van der Waals surface area contributed by atoms with Crippen LogP contribution in [-0.2, 0) is 0 Å². The Hall–Kier alpha value is -3.00. The van der Waals surface area contributed by atoms with Crippen molar-refractivity contribution in [2.75, 3.05) is 6.79 Å². The lowest BCUT2D eigenvalue weighted by Gasteiger charge is -2.10. The molecule has 0 unspecified atom stereocenters. The van der Waals surface area contributed by atoms with Crippen LogP contribution < -0.4 is 9.47 Å². The third-order valence-electron chi connectivity index (χ3n) is 3.88. The van der Waals surface area contributed by atoms with Crippen LogP contribution in [0.15, 0.2) is 78.9 Å². The predicted octanol–water partition coefficient (Wildman–Crippen LogP) is 5.00. The standard InChI is InChI=1S/C21H16O2/c1-3-7-16(8-4-1)13-19(17-9-5-2-6-10-17)18-11-12-20-21(14-18)23-15-22-20/h1-14H,15H2/b19-13+. The molecule has 3 aromatic carbocycles. The number of ether oxygens (including phenoxy) is 2. The number of hydrogen-bond acceptors (Lipinski definition) is 2. The quantitative estimate of drug-likeness (QED) is 0.633. The molecule has 0 amide bonds. The minimum Gasteiger partial charge on any atom is -0.454 e. The minimum atomic E-state index is 0.294. The fourth-order valence-electron chi connectivity index (χ4n) is 2.73. The molecule has 4 rings (SSSR count). The summed E-state index contributed by atoms with van der Waals surface area (Å²) in [5.74, 6) is 1.61. The molecule has 0 saturated heterocycles. The van der Waals surface area contributed by atoms with E-state index in [1.54, 1.807) is 0 Å². The molecule has 0 N–H and O–H groups in total. The van der Waals surface area contributed by atoms with Crippen molar-refractivity contribution < 1.29 is 9.47 Å². The smallest absolute Gasteiger partial charge is 0.231 e. The molecular formula is C21H16O2. The minimum absolute atomic E-state index is 0.294. The molecule has 112 valence electrons. The van der Waals surface area contributed by atoms with Crippen molar-refractivity contribution in [2.45, 2.75) is 0 Å². The second kappa shape index (κ2) is 6.01. The van der Waals surface area contributed by atoms with Gasteiger partial charge in [-0.25, -0.2) is 0 Å². The summed E-state index contributed by atoms with van der Waals surface area (Å²) in [6, 6.07) is 26.8. The van der Waals surface area contributed by atoms with Gasteiger partial charge in [-0.1, -0.05) is 66.7 Å². The van der Waals surface area contributed by atoms with Gasteiger partial charge in [0.2, 0.25) is 6.79 Å². The Morgan fingerprint density at radius 1 is 0.696 bits per heavy atom. The van der Waals surface area contributed by atoms with Gasteiger partial charge in [-0.05, 0) is 40.5 Å². The molecule has 0 atom stereocenters. The summed E-state index contributed by atoms with van der Waals surface area (Å²) in [5.41, 5.74) is 4.62. The van der Waals surface area contributed by atoms with Crippen molar-refractivity contribution in [3.63, 3.8) is 0 Å². The van der Waals surface area contributed by atoms with Gasteiger partial charge in [0, 0.05) is 0 Å². The van der Waals surface area contributed by atoms with Crippen molar-refractivity contribution in [1.82, 2.24) is 0 Å². The van der Waals surface area contributed by atoms with Crippen LogP contribution in [0.5, 0.6) is 11.5 Å². The molecule has 1 heterocycles. The monoisotopic (exact) mass is 300 g/mol. The fraction of sp³-hybridized carbons (Fsp3) is 0.0476. The molecule has 0 radical (unpaired) electrons. The summed E-state index contributed by atoms with van der Waals surface area (Å²) in [6.07, 6.45) is 2.20. The van der Waals surface area contributed by atoms with Crippen LogP contribution in [0.4, 0.5) is 0 Å². The molecule has 0 saturated carbocycles. The van der Waals surface area contributed by atoms with E-state index in [4.69, 9.17) is 9.47 Å². The van der Waals surface area contributed by atoms with E-state index in [-0.39, 0.29) is 0 Å². The average molecular weight is 300 g/mol. The normalized spacial score (nSPS) is 13.1. The molecule has 0 spiro atoms. The van der Waals surface area contributed by atoms with Gasteiger partial charge >= 0.3 is 0 Å². The lowest BCUT2D eigenvalue weighted by Crippen LogP contribution is -1.93. The number of rotatable bonds is 3. The van der Waals surface area contributed by atoms with E-state index >= 15 is 0 Å². The summed E-state index contributed by atoms with van der Waals surface area (Å²) in [7, 11) is 0. The highest BCUT2D eigenvalue weighted by Crippen LogP contribution is 2.36. The molecule has 3 aromatic rings. The van der Waals surface area contributed by atoms with Gasteiger partial charge in [-0.15, -0.1) is 0 Å². The van der Waals surface area contributed by atoms with Crippen LogP contribution in [0.1, 0.15) is 16.7 Å². The maximum atomic E-state index is 5.53. The summed E-state index contributed by atoms with van der Waals surface area (Å²) in [4.78, 5) is 0. The molecule has 0 aromatic heterocycles. The molecular weight excluding hydrogens is 284 g/mol. The van der Waals surface area contributed by atoms with Crippen molar-refractivity contribution in [3.05, 3.63) is 95.6 Å². The summed E-state index contributed by atoms with van der Waals surface area (Å²) >= 11 is 0. The third kappa shape index (κ3) is 2.84. The third-order valence-corrected chi connectivity index (χ3v) is 3.88. The average Bonchev–Trinajstić information content (AvgIpc) is 3.09. The summed E-state index contributed by atoms with van der Waals surface area (Å²) < 4.78 is 10.9. The van der Waals surface area contributed by atoms with E-state index in [0.29, 0.717) is 6.79 Å². The topological polar surface area (TPSA) is 18.5 Å². The van der Waals surface area contributed by atoms with Crippen LogP contribution in [0, 0.1) is 0 Å². The molecule has 0 bridgehead atoms. The second-order valence-electron chi connectivity index (χ2n) is 5.40. The Kier molecular flexibility index (Phi) is 3.57. The Labute approximate surface area is 135 Å². The number of benzene rings is 3. The van der Waals surface area contributed by atoms with Crippen molar-refractivity contribution >= 4 is 11.6 Å². The van der Waals surface area contributed by atoms with Gasteiger partial charge in [0.25, 0.3) is 0 Å². The number of hydrogen-bond donors (Lipinski definition) is 0. The second-order valence-corrected chi connectivity index (χ2v) is 5.40. The number of fused-ring (bicyclic) bond motifs is 1. The fourth-order valence-corrected chi connectivity index (χ4v) is 2.73. The molecule has 23 heavy (non-hydrogen) atoms. The summed E-state index contributed by atoms with van der Waals surface area (Å²) in [5, 5.41) is 0. The zero-order valence-electron chi connectivity index (χ0n) is 12.6. The lowest BCUT2D eigenvalue weighted by molar-refractivity contribution is 0.174. The Balaban J connectivity index is 1.84. The first-order valence-electron chi connectivity index (χ1n) is 7.62. The molecule has 0 fully saturated rings. The van der Waals surface area contributed by atoms with Gasteiger partial charge in [0.1, 0.15) is 0 Å². The molecule has 1 aliphatic heterocycles. The van der Waals surface area contributed by atoms with Gasteiger partial charge in [0.15, 0.2) is 11.5 Å². The zero-order valence-corrected chi connectivity index (χ0v) is 12.6. The molecule has 1 aliphatic rings. The molecule has 2 nitrogen and oxygen atoms in total. The van der Waals surface area contributed by atoms with Crippen molar-refractivity contribution in [3.8, 4) is 11.5 Å². The van der Waals surface area contributed by atoms with Crippen molar-refractivity contribution in [2.24, 2.45) is 0 Å². The highest BCUT2D eigenvalue weighted by molar-refractivity contribution is 5.91. The van der Waals surface area contributed by atoms with Gasteiger partial charge in [-0.3, -0.25) is 0 Å². The van der Waals surface area contributed by atoms with Gasteiger partial charge in [-0.2, -0.15) is 0 Å². The van der Waals surface area contributed by atoms with Gasteiger partial charge in [0.05, 0.1) is 0 Å². The SMILES string of the molecule is C(=C(/c1ccccc1)c1ccc2c(c1)OCO2)/c1ccccc1. The maximum absolute atomic E-state index is 5.53. The first-order valence-corrected chi connectivity index (χ1v) is 7.62. The van der Waals surface area contributed by atoms with E-state index < -0.39 is 0 Å². The largest absolute Gasteiger partial charge is 0.454 e. The maximum Gasteiger partial charge on any atom is 0.231 e. The van der Waals surface area contributed by atoms with E-state index in [9.17, 15) is 0 Å². The molecule has 0 aliphatic carbocycles. The van der Waals surface area contributed by atoms with Crippen LogP contribution >= 0.6 is 0 Å². The zero-order chi connectivity index (χ0) is 15.5. The van der Waals surface area contributed by atoms with Crippen LogP contribution in [0.2, 0.25) is 0 Å². The Morgan fingerprint density at radius 3 is 2.17 bits per heavy atom. The first kappa shape index (κ1) is 13.6. The van der Waals surface area contributed by atoms with Crippen LogP contribution in [-0.4, -0.2) is 6.79 Å².